The summed E-state index contributed by atoms with van der Waals surface area (Å²) in [6, 6.07) is 10.3. The van der Waals surface area contributed by atoms with Crippen LogP contribution in [-0.4, -0.2) is 38.6 Å². The van der Waals surface area contributed by atoms with Gasteiger partial charge in [-0.3, -0.25) is 9.69 Å². The van der Waals surface area contributed by atoms with Crippen LogP contribution in [0.1, 0.15) is 53.0 Å². The van der Waals surface area contributed by atoms with Crippen LogP contribution in [-0.2, 0) is 4.79 Å². The Labute approximate surface area is 171 Å². The van der Waals surface area contributed by atoms with E-state index in [-0.39, 0.29) is 0 Å². The highest BCUT2D eigenvalue weighted by Crippen LogP contribution is 2.25. The molecule has 2 aromatic rings. The summed E-state index contributed by atoms with van der Waals surface area (Å²) < 4.78 is 5.78. The van der Waals surface area contributed by atoms with Gasteiger partial charge in [-0.25, -0.2) is 9.78 Å². The Kier molecular flexibility index (Phi) is 6.84. The van der Waals surface area contributed by atoms with Crippen LogP contribution in [0.15, 0.2) is 42.6 Å². The van der Waals surface area contributed by atoms with Gasteiger partial charge in [0.15, 0.2) is 0 Å². The molecule has 0 aliphatic carbocycles. The fourth-order valence-electron chi connectivity index (χ4n) is 2.97. The molecular weight excluding hydrogens is 370 g/mol. The van der Waals surface area contributed by atoms with Crippen molar-refractivity contribution in [3.8, 4) is 11.6 Å². The lowest BCUT2D eigenvalue weighted by Crippen LogP contribution is -2.54. The smallest absolute Gasteiger partial charge is 0.408 e. The number of aromatic nitrogens is 1. The Bertz CT molecular complexity index is 857. The van der Waals surface area contributed by atoms with E-state index in [1.807, 2.05) is 24.3 Å². The van der Waals surface area contributed by atoms with E-state index < -0.39 is 23.6 Å². The molecule has 1 aromatic carbocycles. The molecule has 0 bridgehead atoms. The van der Waals surface area contributed by atoms with Gasteiger partial charge in [0, 0.05) is 11.6 Å². The summed E-state index contributed by atoms with van der Waals surface area (Å²) in [5, 5.41) is 12.1. The van der Waals surface area contributed by atoms with Gasteiger partial charge >= 0.3 is 6.09 Å². The van der Waals surface area contributed by atoms with Crippen molar-refractivity contribution >= 4 is 17.7 Å². The van der Waals surface area contributed by atoms with Crippen molar-refractivity contribution in [3.05, 3.63) is 48.2 Å². The average Bonchev–Trinajstić information content (AvgIpc) is 2.62. The Balaban J connectivity index is 2.06. The van der Waals surface area contributed by atoms with E-state index in [2.05, 4.69) is 24.1 Å². The van der Waals surface area contributed by atoms with Crippen molar-refractivity contribution in [1.29, 1.82) is 0 Å². The molecule has 0 saturated carbocycles. The first-order valence-electron chi connectivity index (χ1n) is 9.56. The number of benzene rings is 1. The van der Waals surface area contributed by atoms with Crippen LogP contribution >= 0.6 is 0 Å². The summed E-state index contributed by atoms with van der Waals surface area (Å²) in [7, 11) is 0. The lowest BCUT2D eigenvalue weighted by atomic mass is 10.0. The van der Waals surface area contributed by atoms with Gasteiger partial charge in [0.25, 0.3) is 0 Å². The van der Waals surface area contributed by atoms with E-state index in [0.29, 0.717) is 23.2 Å². The third kappa shape index (κ3) is 5.94. The molecule has 2 amide bonds. The van der Waals surface area contributed by atoms with Gasteiger partial charge in [0.1, 0.15) is 11.8 Å². The topological polar surface area (TPSA) is 91.8 Å². The molecule has 156 valence electrons. The molecule has 0 aliphatic rings. The molecule has 1 unspecified atom stereocenters. The molecule has 2 N–H and O–H groups in total. The minimum absolute atomic E-state index is 0.393. The third-order valence-electron chi connectivity index (χ3n) is 4.45. The summed E-state index contributed by atoms with van der Waals surface area (Å²) in [5.41, 5.74) is 0.926. The first-order chi connectivity index (χ1) is 13.5. The Morgan fingerprint density at radius 2 is 1.83 bits per heavy atom. The molecule has 0 fully saturated rings. The number of nitrogens with one attached hydrogen (secondary N) is 1. The monoisotopic (exact) mass is 399 g/mol. The summed E-state index contributed by atoms with van der Waals surface area (Å²) in [4.78, 5) is 29.4. The molecule has 0 aliphatic heterocycles. The maximum Gasteiger partial charge on any atom is 0.408 e. The van der Waals surface area contributed by atoms with E-state index >= 15 is 0 Å². The number of carbonyl (C=O) groups excluding carboxylic acids is 1. The minimum atomic E-state index is -1.15. The van der Waals surface area contributed by atoms with Crippen LogP contribution in [0.2, 0.25) is 0 Å². The summed E-state index contributed by atoms with van der Waals surface area (Å²) >= 11 is 0. The van der Waals surface area contributed by atoms with Crippen LogP contribution in [0.3, 0.4) is 0 Å². The fraction of sp³-hybridized carbons (Fsp3) is 0.409. The van der Waals surface area contributed by atoms with Gasteiger partial charge in [-0.1, -0.05) is 26.0 Å². The zero-order valence-electron chi connectivity index (χ0n) is 17.8. The van der Waals surface area contributed by atoms with E-state index in [1.54, 1.807) is 39.8 Å². The van der Waals surface area contributed by atoms with Gasteiger partial charge in [-0.15, -0.1) is 0 Å². The SMILES string of the molecule is CC(C)c1cccc(Oc2ccc(NC(=O)C(C)N(C(=O)O)C(C)(C)C)cn2)c1. The summed E-state index contributed by atoms with van der Waals surface area (Å²) in [6.07, 6.45) is 0.333. The number of pyridine rings is 1. The molecule has 1 atom stereocenters. The van der Waals surface area contributed by atoms with Crippen LogP contribution < -0.4 is 10.1 Å². The zero-order valence-corrected chi connectivity index (χ0v) is 17.8. The maximum atomic E-state index is 12.5. The highest BCUT2D eigenvalue weighted by Gasteiger charge is 2.34. The number of hydrogen-bond donors (Lipinski definition) is 2. The zero-order chi connectivity index (χ0) is 21.8. The third-order valence-corrected chi connectivity index (χ3v) is 4.45. The number of nitrogens with zero attached hydrogens (tertiary/aromatic N) is 2. The van der Waals surface area contributed by atoms with Gasteiger partial charge in [0.05, 0.1) is 11.9 Å². The molecule has 0 radical (unpaired) electrons. The summed E-state index contributed by atoms with van der Waals surface area (Å²) in [6.45, 7) is 11.0. The number of hydrogen-bond acceptors (Lipinski definition) is 4. The molecule has 1 heterocycles. The fourth-order valence-corrected chi connectivity index (χ4v) is 2.97. The van der Waals surface area contributed by atoms with E-state index in [1.165, 1.54) is 11.8 Å². The number of amides is 2. The molecule has 1 aromatic heterocycles. The van der Waals surface area contributed by atoms with Crippen molar-refractivity contribution in [2.45, 2.75) is 59.0 Å². The highest BCUT2D eigenvalue weighted by atomic mass is 16.5. The largest absolute Gasteiger partial charge is 0.465 e. The standard InChI is InChI=1S/C22H29N3O4/c1-14(2)16-8-7-9-18(12-16)29-19-11-10-17(13-23-19)24-20(26)15(3)25(21(27)28)22(4,5)6/h7-15H,1-6H3,(H,24,26)(H,27,28). The maximum absolute atomic E-state index is 12.5. The predicted octanol–water partition coefficient (Wildman–Crippen LogP) is 5.10. The van der Waals surface area contributed by atoms with Crippen LogP contribution in [0.5, 0.6) is 11.6 Å². The van der Waals surface area contributed by atoms with Gasteiger partial charge < -0.3 is 15.2 Å². The quantitative estimate of drug-likeness (QED) is 0.705. The lowest BCUT2D eigenvalue weighted by molar-refractivity contribution is -0.121. The molecule has 7 nitrogen and oxygen atoms in total. The van der Waals surface area contributed by atoms with Crippen molar-refractivity contribution in [2.75, 3.05) is 5.32 Å². The van der Waals surface area contributed by atoms with Crippen molar-refractivity contribution in [3.63, 3.8) is 0 Å². The average molecular weight is 399 g/mol. The Morgan fingerprint density at radius 3 is 2.34 bits per heavy atom. The van der Waals surface area contributed by atoms with Crippen LogP contribution in [0, 0.1) is 0 Å². The van der Waals surface area contributed by atoms with Crippen molar-refractivity contribution in [1.82, 2.24) is 9.88 Å². The highest BCUT2D eigenvalue weighted by molar-refractivity contribution is 5.96. The molecule has 7 heteroatoms. The van der Waals surface area contributed by atoms with Gasteiger partial charge in [-0.2, -0.15) is 0 Å². The second-order valence-corrected chi connectivity index (χ2v) is 8.20. The Morgan fingerprint density at radius 1 is 1.14 bits per heavy atom. The second kappa shape index (κ2) is 8.94. The molecule has 29 heavy (non-hydrogen) atoms. The van der Waals surface area contributed by atoms with Gasteiger partial charge in [0.2, 0.25) is 11.8 Å². The predicted molar refractivity (Wildman–Crippen MR) is 113 cm³/mol. The van der Waals surface area contributed by atoms with Crippen LogP contribution in [0.4, 0.5) is 10.5 Å². The summed E-state index contributed by atoms with van der Waals surface area (Å²) in [5.74, 6) is 1.06. The van der Waals surface area contributed by atoms with E-state index in [0.717, 1.165) is 4.90 Å². The van der Waals surface area contributed by atoms with Gasteiger partial charge in [-0.05, 0) is 57.4 Å². The first kappa shape index (κ1) is 22.2. The lowest BCUT2D eigenvalue weighted by Gasteiger charge is -2.37. The van der Waals surface area contributed by atoms with Crippen molar-refractivity contribution < 1.29 is 19.4 Å². The molecule has 0 spiro atoms. The number of rotatable bonds is 6. The number of carboxylic acid groups (broad SMARTS) is 1. The van der Waals surface area contributed by atoms with Crippen LogP contribution in [0.25, 0.3) is 0 Å². The molecule has 2 rings (SSSR count). The van der Waals surface area contributed by atoms with E-state index in [9.17, 15) is 14.7 Å². The Hall–Kier alpha value is -3.09. The normalized spacial score (nSPS) is 12.4. The molecular formula is C22H29N3O4. The minimum Gasteiger partial charge on any atom is -0.465 e. The van der Waals surface area contributed by atoms with Crippen molar-refractivity contribution in [2.24, 2.45) is 0 Å². The number of ether oxygens (including phenoxy) is 1. The first-order valence-corrected chi connectivity index (χ1v) is 9.56. The number of carbonyl (C=O) groups is 2. The second-order valence-electron chi connectivity index (χ2n) is 8.20. The number of anilines is 1. The van der Waals surface area contributed by atoms with E-state index in [4.69, 9.17) is 4.74 Å². The molecule has 0 saturated heterocycles.